The van der Waals surface area contributed by atoms with Crippen LogP contribution < -0.4 is 22.0 Å². The van der Waals surface area contributed by atoms with Crippen LogP contribution in [0.4, 0.5) is 13.2 Å². The van der Waals surface area contributed by atoms with E-state index >= 15 is 0 Å². The average Bonchev–Trinajstić information content (AvgIpc) is 3.11. The van der Waals surface area contributed by atoms with Gasteiger partial charge in [-0.2, -0.15) is 13.2 Å². The van der Waals surface area contributed by atoms with Crippen LogP contribution in [0.1, 0.15) is 35.3 Å². The molecule has 4 aromatic rings. The molecular weight excluding hydrogens is 517 g/mol. The normalized spacial score (nSPS) is 11.8. The van der Waals surface area contributed by atoms with E-state index in [0.717, 1.165) is 22.9 Å². The molecule has 2 aromatic heterocycles. The quantitative estimate of drug-likeness (QED) is 0.376. The number of rotatable bonds is 6. The Balaban J connectivity index is 1.97. The molecule has 0 spiro atoms. The van der Waals surface area contributed by atoms with E-state index in [1.165, 1.54) is 27.3 Å². The first-order chi connectivity index (χ1) is 17.4. The highest BCUT2D eigenvalue weighted by Gasteiger charge is 2.34. The van der Waals surface area contributed by atoms with Gasteiger partial charge in [-0.1, -0.05) is 23.7 Å². The van der Waals surface area contributed by atoms with Crippen LogP contribution in [0.5, 0.6) is 0 Å². The molecule has 0 fully saturated rings. The first kappa shape index (κ1) is 26.0. The highest BCUT2D eigenvalue weighted by molar-refractivity contribution is 6.32. The third kappa shape index (κ3) is 4.37. The first-order valence-corrected chi connectivity index (χ1v) is 11.4. The van der Waals surface area contributed by atoms with Gasteiger partial charge in [0.25, 0.3) is 5.56 Å². The molecule has 0 N–H and O–H groups in total. The molecule has 0 amide bonds. The number of hydrogen-bond acceptors (Lipinski definition) is 5. The number of carboxylic acid groups (broad SMARTS) is 1. The molecule has 0 bridgehead atoms. The van der Waals surface area contributed by atoms with Crippen molar-refractivity contribution in [1.82, 2.24) is 18.3 Å². The lowest BCUT2D eigenvalue weighted by Crippen LogP contribution is -2.44. The Bertz CT molecular complexity index is 1730. The number of halogens is 4. The number of benzene rings is 2. The number of hydrogen-bond donors (Lipinski definition) is 0. The Morgan fingerprint density at radius 3 is 2.19 bits per heavy atom. The molecule has 0 aliphatic heterocycles. The van der Waals surface area contributed by atoms with E-state index < -0.39 is 46.1 Å². The topological polar surface area (TPSA) is 111 Å². The Hall–Kier alpha value is -4.06. The smallest absolute Gasteiger partial charge is 0.417 e. The number of aromatic carboxylic acids is 1. The number of fused-ring (bicyclic) bond motifs is 1. The van der Waals surface area contributed by atoms with Crippen LogP contribution in [0, 0.1) is 0 Å². The lowest BCUT2D eigenvalue weighted by Gasteiger charge is -2.16. The molecule has 0 aliphatic carbocycles. The zero-order valence-corrected chi connectivity index (χ0v) is 20.3. The second-order valence-electron chi connectivity index (χ2n) is 8.09. The predicted molar refractivity (Wildman–Crippen MR) is 127 cm³/mol. The highest BCUT2D eigenvalue weighted by atomic mass is 35.5. The number of nitrogens with zero attached hydrogens (tertiary/aromatic N) is 4. The van der Waals surface area contributed by atoms with Crippen molar-refractivity contribution in [3.05, 3.63) is 95.6 Å². The van der Waals surface area contributed by atoms with Crippen LogP contribution in [-0.4, -0.2) is 24.2 Å². The van der Waals surface area contributed by atoms with Gasteiger partial charge < -0.3 is 9.90 Å². The summed E-state index contributed by atoms with van der Waals surface area (Å²) >= 11 is 5.93. The van der Waals surface area contributed by atoms with Crippen LogP contribution in [0.25, 0.3) is 16.7 Å². The molecule has 0 radical (unpaired) electrons. The van der Waals surface area contributed by atoms with Crippen molar-refractivity contribution in [2.24, 2.45) is 0 Å². The van der Waals surface area contributed by atoms with E-state index in [1.54, 1.807) is 19.9 Å². The average molecular weight is 536 g/mol. The molecule has 13 heteroatoms. The number of carboxylic acids is 1. The van der Waals surface area contributed by atoms with Crippen molar-refractivity contribution in [3.63, 3.8) is 0 Å². The van der Waals surface area contributed by atoms with Gasteiger partial charge in [0.1, 0.15) is 0 Å². The van der Waals surface area contributed by atoms with Gasteiger partial charge in [0.15, 0.2) is 0 Å². The minimum absolute atomic E-state index is 0.124. The third-order valence-corrected chi connectivity index (χ3v) is 6.46. The van der Waals surface area contributed by atoms with Gasteiger partial charge in [-0.3, -0.25) is 23.1 Å². The van der Waals surface area contributed by atoms with E-state index in [-0.39, 0.29) is 16.9 Å². The lowest BCUT2D eigenvalue weighted by atomic mass is 10.1. The van der Waals surface area contributed by atoms with Crippen molar-refractivity contribution in [2.75, 3.05) is 0 Å². The standard InChI is InChI=1S/C24H20ClF3N4O5/c1-3-29-17-9-8-14(10-18(17)30(4-2)22(29)36)31-12-15(21(34)35)20(33)32(23(31)37)11-13-6-5-7-16(19(13)25)24(26,27)28/h5-10,12H,3-4,11H2,1-2H3,(H,34,35)/p-1. The number of carbonyl (C=O) groups is 1. The minimum atomic E-state index is -4.79. The summed E-state index contributed by atoms with van der Waals surface area (Å²) in [5, 5.41) is 11.0. The molecule has 194 valence electrons. The van der Waals surface area contributed by atoms with Gasteiger partial charge in [-0.25, -0.2) is 9.59 Å². The van der Waals surface area contributed by atoms with E-state index in [9.17, 15) is 37.5 Å². The second-order valence-corrected chi connectivity index (χ2v) is 8.47. The molecule has 4 rings (SSSR count). The van der Waals surface area contributed by atoms with Crippen LogP contribution in [-0.2, 0) is 25.8 Å². The minimum Gasteiger partial charge on any atom is -0.545 e. The van der Waals surface area contributed by atoms with Gasteiger partial charge in [-0.05, 0) is 43.7 Å². The summed E-state index contributed by atoms with van der Waals surface area (Å²) < 4.78 is 44.2. The largest absolute Gasteiger partial charge is 0.545 e. The summed E-state index contributed by atoms with van der Waals surface area (Å²) in [5.74, 6) is -1.88. The molecule has 0 saturated heterocycles. The summed E-state index contributed by atoms with van der Waals surface area (Å²) in [6.07, 6.45) is -4.00. The number of alkyl halides is 3. The fourth-order valence-electron chi connectivity index (χ4n) is 4.23. The molecule has 2 heterocycles. The van der Waals surface area contributed by atoms with Crippen molar-refractivity contribution < 1.29 is 23.1 Å². The maximum atomic E-state index is 13.4. The Labute approximate surface area is 211 Å². The summed E-state index contributed by atoms with van der Waals surface area (Å²) in [6, 6.07) is 7.52. The van der Waals surface area contributed by atoms with Gasteiger partial charge in [0.2, 0.25) is 0 Å². The molecule has 0 saturated carbocycles. The highest BCUT2D eigenvalue weighted by Crippen LogP contribution is 2.36. The van der Waals surface area contributed by atoms with E-state index in [2.05, 4.69) is 0 Å². The van der Waals surface area contributed by atoms with Crippen LogP contribution in [0.15, 0.2) is 57.0 Å². The van der Waals surface area contributed by atoms with E-state index in [1.807, 2.05) is 0 Å². The summed E-state index contributed by atoms with van der Waals surface area (Å²) in [5.41, 5.74) is -3.66. The van der Waals surface area contributed by atoms with Gasteiger partial charge in [0, 0.05) is 19.3 Å². The first-order valence-electron chi connectivity index (χ1n) is 11.1. The molecule has 0 unspecified atom stereocenters. The summed E-state index contributed by atoms with van der Waals surface area (Å²) in [7, 11) is 0. The molecule has 0 atom stereocenters. The Morgan fingerprint density at radius 2 is 1.59 bits per heavy atom. The Kier molecular flexibility index (Phi) is 6.63. The van der Waals surface area contributed by atoms with Gasteiger partial charge >= 0.3 is 17.6 Å². The van der Waals surface area contributed by atoms with Gasteiger partial charge in [-0.15, -0.1) is 0 Å². The van der Waals surface area contributed by atoms with Crippen LogP contribution in [0.2, 0.25) is 5.02 Å². The molecule has 2 aromatic carbocycles. The van der Waals surface area contributed by atoms with Crippen molar-refractivity contribution in [3.8, 4) is 5.69 Å². The maximum absolute atomic E-state index is 13.4. The monoisotopic (exact) mass is 535 g/mol. The van der Waals surface area contributed by atoms with Crippen LogP contribution in [0.3, 0.4) is 0 Å². The number of aryl methyl sites for hydroxylation is 2. The second kappa shape index (κ2) is 9.43. The Morgan fingerprint density at radius 1 is 0.946 bits per heavy atom. The predicted octanol–water partition coefficient (Wildman–Crippen LogP) is 2.24. The summed E-state index contributed by atoms with van der Waals surface area (Å²) in [4.78, 5) is 50.6. The SMILES string of the molecule is CCn1c(=O)n(CC)c2cc(-n3cc(C(=O)[O-])c(=O)n(Cc4cccc(C(F)(F)F)c4Cl)c3=O)ccc21. The van der Waals surface area contributed by atoms with Crippen molar-refractivity contribution >= 4 is 28.6 Å². The van der Waals surface area contributed by atoms with Crippen molar-refractivity contribution in [1.29, 1.82) is 0 Å². The zero-order chi connectivity index (χ0) is 27.2. The fourth-order valence-corrected chi connectivity index (χ4v) is 4.52. The fraction of sp³-hybridized carbons (Fsp3) is 0.250. The van der Waals surface area contributed by atoms with Crippen molar-refractivity contribution in [2.45, 2.75) is 39.7 Å². The van der Waals surface area contributed by atoms with E-state index in [0.29, 0.717) is 28.7 Å². The maximum Gasteiger partial charge on any atom is 0.417 e. The summed E-state index contributed by atoms with van der Waals surface area (Å²) in [6.45, 7) is 3.53. The van der Waals surface area contributed by atoms with Crippen LogP contribution >= 0.6 is 11.6 Å². The number of imidazole rings is 1. The lowest BCUT2D eigenvalue weighted by molar-refractivity contribution is -0.255. The molecule has 37 heavy (non-hydrogen) atoms. The third-order valence-electron chi connectivity index (χ3n) is 6.02. The molecule has 0 aliphatic rings. The number of carbonyl (C=O) groups excluding carboxylic acids is 1. The van der Waals surface area contributed by atoms with Gasteiger partial charge in [0.05, 0.1) is 45.4 Å². The number of aromatic nitrogens is 4. The van der Waals surface area contributed by atoms with E-state index in [4.69, 9.17) is 11.6 Å². The molecular formula is C24H19ClF3N4O5-. The molecule has 9 nitrogen and oxygen atoms in total. The zero-order valence-electron chi connectivity index (χ0n) is 19.5.